The van der Waals surface area contributed by atoms with Crippen LogP contribution in [0.2, 0.25) is 0 Å². The van der Waals surface area contributed by atoms with Gasteiger partial charge in [-0.15, -0.1) is 12.4 Å². The molecule has 2 aromatic carbocycles. The fourth-order valence-corrected chi connectivity index (χ4v) is 4.23. The van der Waals surface area contributed by atoms with E-state index < -0.39 is 23.5 Å². The molecule has 0 radical (unpaired) electrons. The number of piperidine rings is 1. The van der Waals surface area contributed by atoms with E-state index in [2.05, 4.69) is 5.32 Å². The van der Waals surface area contributed by atoms with Gasteiger partial charge in [-0.3, -0.25) is 0 Å². The van der Waals surface area contributed by atoms with Gasteiger partial charge < -0.3 is 5.32 Å². The van der Waals surface area contributed by atoms with Crippen molar-refractivity contribution in [2.45, 2.75) is 49.9 Å². The smallest absolute Gasteiger partial charge is 0.317 e. The number of halogens is 7. The van der Waals surface area contributed by atoms with Crippen molar-refractivity contribution < 1.29 is 26.3 Å². The van der Waals surface area contributed by atoms with Crippen LogP contribution in [0.25, 0.3) is 0 Å². The van der Waals surface area contributed by atoms with Crippen LogP contribution in [0.3, 0.4) is 0 Å². The van der Waals surface area contributed by atoms with Gasteiger partial charge in [0.25, 0.3) is 0 Å². The molecule has 3 rings (SSSR count). The third-order valence-corrected chi connectivity index (χ3v) is 5.79. The average molecular weight is 452 g/mol. The lowest BCUT2D eigenvalue weighted by Crippen LogP contribution is -2.40. The van der Waals surface area contributed by atoms with Crippen molar-refractivity contribution in [1.29, 1.82) is 0 Å². The molecule has 2 aromatic rings. The first-order chi connectivity index (χ1) is 13.6. The van der Waals surface area contributed by atoms with Gasteiger partial charge in [0.05, 0.1) is 11.1 Å². The molecule has 30 heavy (non-hydrogen) atoms. The molecule has 1 saturated heterocycles. The second-order valence-corrected chi connectivity index (χ2v) is 7.62. The van der Waals surface area contributed by atoms with E-state index in [1.54, 1.807) is 0 Å². The number of alkyl halides is 6. The van der Waals surface area contributed by atoms with Crippen molar-refractivity contribution in [1.82, 2.24) is 5.32 Å². The van der Waals surface area contributed by atoms with E-state index in [-0.39, 0.29) is 35.9 Å². The quantitative estimate of drug-likeness (QED) is 0.493. The zero-order valence-electron chi connectivity index (χ0n) is 16.2. The lowest BCUT2D eigenvalue weighted by molar-refractivity contribution is -0.143. The first-order valence-electron chi connectivity index (χ1n) is 9.65. The second kappa shape index (κ2) is 9.60. The molecule has 1 nitrogen and oxygen atoms in total. The Bertz CT molecular complexity index is 811. The van der Waals surface area contributed by atoms with Crippen LogP contribution >= 0.6 is 12.4 Å². The molecular weight excluding hydrogens is 428 g/mol. The molecule has 0 aromatic heterocycles. The van der Waals surface area contributed by atoms with Crippen molar-refractivity contribution in [3.05, 3.63) is 70.8 Å². The number of aryl methyl sites for hydroxylation is 1. The Kier molecular flexibility index (Phi) is 7.85. The summed E-state index contributed by atoms with van der Waals surface area (Å²) in [5.41, 5.74) is -1.48. The summed E-state index contributed by atoms with van der Waals surface area (Å²) in [6.45, 7) is 1.67. The third kappa shape index (κ3) is 5.70. The highest BCUT2D eigenvalue weighted by Gasteiger charge is 2.38. The van der Waals surface area contributed by atoms with Gasteiger partial charge in [-0.1, -0.05) is 36.4 Å². The van der Waals surface area contributed by atoms with E-state index in [1.807, 2.05) is 30.3 Å². The van der Waals surface area contributed by atoms with Gasteiger partial charge in [0.1, 0.15) is 0 Å². The summed E-state index contributed by atoms with van der Waals surface area (Å²) in [7, 11) is 0. The topological polar surface area (TPSA) is 12.0 Å². The van der Waals surface area contributed by atoms with Crippen LogP contribution < -0.4 is 5.32 Å². The van der Waals surface area contributed by atoms with Crippen LogP contribution in [-0.2, 0) is 24.2 Å². The molecule has 0 atom stereocenters. The van der Waals surface area contributed by atoms with E-state index in [1.165, 1.54) is 5.56 Å². The van der Waals surface area contributed by atoms with Gasteiger partial charge >= 0.3 is 12.4 Å². The van der Waals surface area contributed by atoms with E-state index in [4.69, 9.17) is 0 Å². The first-order valence-corrected chi connectivity index (χ1v) is 9.65. The largest absolute Gasteiger partial charge is 0.416 e. The summed E-state index contributed by atoms with van der Waals surface area (Å²) in [5, 5.41) is 3.31. The molecular formula is C22H24ClF6N. The predicted octanol–water partition coefficient (Wildman–Crippen LogP) is 6.79. The molecule has 0 amide bonds. The van der Waals surface area contributed by atoms with Crippen molar-refractivity contribution in [2.24, 2.45) is 0 Å². The maximum absolute atomic E-state index is 13.4. The fraction of sp³-hybridized carbons (Fsp3) is 0.455. The Labute approximate surface area is 178 Å². The zero-order chi connectivity index (χ0) is 21.1. The normalized spacial score (nSPS) is 16.7. The van der Waals surface area contributed by atoms with Crippen LogP contribution in [0.15, 0.2) is 48.5 Å². The van der Waals surface area contributed by atoms with Crippen molar-refractivity contribution >= 4 is 12.4 Å². The minimum Gasteiger partial charge on any atom is -0.317 e. The second-order valence-electron chi connectivity index (χ2n) is 7.62. The van der Waals surface area contributed by atoms with Crippen molar-refractivity contribution in [3.8, 4) is 0 Å². The Hall–Kier alpha value is -1.73. The molecule has 0 spiro atoms. The lowest BCUT2D eigenvalue weighted by Gasteiger charge is -2.38. The summed E-state index contributed by atoms with van der Waals surface area (Å²) in [5.74, 6) is 0. The molecule has 0 saturated carbocycles. The minimum absolute atomic E-state index is 0. The molecule has 1 N–H and O–H groups in total. The maximum atomic E-state index is 13.4. The summed E-state index contributed by atoms with van der Waals surface area (Å²) in [6, 6.07) is 11.9. The van der Waals surface area contributed by atoms with Crippen LogP contribution in [0.1, 0.15) is 47.9 Å². The molecule has 1 fully saturated rings. The molecule has 1 aliphatic rings. The summed E-state index contributed by atoms with van der Waals surface area (Å²) < 4.78 is 78.6. The number of nitrogens with one attached hydrogen (secondary N) is 1. The number of benzene rings is 2. The molecule has 1 heterocycles. The Balaban J connectivity index is 0.00000320. The van der Waals surface area contributed by atoms with Gasteiger partial charge in [0.2, 0.25) is 0 Å². The number of hydrogen-bond acceptors (Lipinski definition) is 1. The Morgan fingerprint density at radius 1 is 0.833 bits per heavy atom. The highest BCUT2D eigenvalue weighted by molar-refractivity contribution is 5.85. The molecule has 0 bridgehead atoms. The molecule has 166 valence electrons. The standard InChI is InChI=1S/C22H23F6N.ClH/c23-21(24,25)18-9-8-16(19(15-18)22(26,27)28)5-4-10-20(11-13-29-14-12-20)17-6-2-1-3-7-17;/h1-3,6-9,15,29H,4-5,10-14H2;1H. The van der Waals surface area contributed by atoms with E-state index in [0.717, 1.165) is 38.1 Å². The summed E-state index contributed by atoms with van der Waals surface area (Å²) >= 11 is 0. The SMILES string of the molecule is Cl.FC(F)(F)c1ccc(CCCC2(c3ccccc3)CCNCC2)c(C(F)(F)F)c1. The third-order valence-electron chi connectivity index (χ3n) is 5.79. The van der Waals surface area contributed by atoms with Gasteiger partial charge in [-0.2, -0.15) is 26.3 Å². The maximum Gasteiger partial charge on any atom is 0.416 e. The average Bonchev–Trinajstić information content (AvgIpc) is 2.68. The fourth-order valence-electron chi connectivity index (χ4n) is 4.23. The van der Waals surface area contributed by atoms with Crippen LogP contribution in [0.5, 0.6) is 0 Å². The number of hydrogen-bond donors (Lipinski definition) is 1. The summed E-state index contributed by atoms with van der Waals surface area (Å²) in [4.78, 5) is 0. The highest BCUT2D eigenvalue weighted by atomic mass is 35.5. The van der Waals surface area contributed by atoms with Crippen molar-refractivity contribution in [3.63, 3.8) is 0 Å². The zero-order valence-corrected chi connectivity index (χ0v) is 17.1. The Morgan fingerprint density at radius 2 is 1.47 bits per heavy atom. The molecule has 1 aliphatic heterocycles. The van der Waals surface area contributed by atoms with E-state index in [9.17, 15) is 26.3 Å². The van der Waals surface area contributed by atoms with E-state index >= 15 is 0 Å². The highest BCUT2D eigenvalue weighted by Crippen LogP contribution is 2.40. The lowest BCUT2D eigenvalue weighted by atomic mass is 9.70. The van der Waals surface area contributed by atoms with Gasteiger partial charge in [0.15, 0.2) is 0 Å². The van der Waals surface area contributed by atoms with Crippen LogP contribution in [0, 0.1) is 0 Å². The van der Waals surface area contributed by atoms with Crippen molar-refractivity contribution in [2.75, 3.05) is 13.1 Å². The van der Waals surface area contributed by atoms with Gasteiger partial charge in [0, 0.05) is 0 Å². The first kappa shape index (κ1) is 24.5. The molecule has 0 aliphatic carbocycles. The molecule has 8 heteroatoms. The van der Waals surface area contributed by atoms with E-state index in [0.29, 0.717) is 12.8 Å². The van der Waals surface area contributed by atoms with Gasteiger partial charge in [-0.25, -0.2) is 0 Å². The van der Waals surface area contributed by atoms with Gasteiger partial charge in [-0.05, 0) is 73.9 Å². The molecule has 0 unspecified atom stereocenters. The minimum atomic E-state index is -4.82. The summed E-state index contributed by atoms with van der Waals surface area (Å²) in [6.07, 6.45) is -6.59. The predicted molar refractivity (Wildman–Crippen MR) is 107 cm³/mol. The number of rotatable bonds is 5. The van der Waals surface area contributed by atoms with Crippen LogP contribution in [0.4, 0.5) is 26.3 Å². The van der Waals surface area contributed by atoms with Crippen LogP contribution in [-0.4, -0.2) is 13.1 Å². The monoisotopic (exact) mass is 451 g/mol. The Morgan fingerprint density at radius 3 is 2.03 bits per heavy atom.